The van der Waals surface area contributed by atoms with Crippen molar-refractivity contribution in [2.24, 2.45) is 0 Å². The van der Waals surface area contributed by atoms with Gasteiger partial charge in [0.05, 0.1) is 6.61 Å². The molecule has 0 aliphatic heterocycles. The van der Waals surface area contributed by atoms with Crippen molar-refractivity contribution in [2.75, 3.05) is 13.2 Å². The van der Waals surface area contributed by atoms with Crippen LogP contribution in [-0.4, -0.2) is 23.9 Å². The molecule has 1 aromatic carbocycles. The number of para-hydroxylation sites is 1. The molecule has 1 rings (SSSR count). The maximum Gasteiger partial charge on any atom is 0.123 e. The first kappa shape index (κ1) is 14.0. The van der Waals surface area contributed by atoms with E-state index in [1.165, 1.54) is 0 Å². The van der Waals surface area contributed by atoms with Gasteiger partial charge in [0.1, 0.15) is 5.75 Å². The molecule has 0 spiro atoms. The fourth-order valence-electron chi connectivity index (χ4n) is 1.65. The predicted octanol–water partition coefficient (Wildman–Crippen LogP) is 2.34. The average molecular weight is 237 g/mol. The molecule has 0 saturated heterocycles. The Morgan fingerprint density at radius 2 is 2.00 bits per heavy atom. The summed E-state index contributed by atoms with van der Waals surface area (Å²) >= 11 is 0. The normalized spacial score (nSPS) is 11.5. The van der Waals surface area contributed by atoms with Crippen molar-refractivity contribution in [3.63, 3.8) is 0 Å². The second-order valence-electron chi connectivity index (χ2n) is 4.75. The summed E-state index contributed by atoms with van der Waals surface area (Å²) in [6.45, 7) is 7.80. The summed E-state index contributed by atoms with van der Waals surface area (Å²) in [6, 6.07) is 8.04. The number of ether oxygens (including phenoxy) is 1. The Kier molecular flexibility index (Phi) is 5.45. The Hall–Kier alpha value is -1.06. The number of nitrogens with one attached hydrogen (secondary N) is 1. The molecule has 0 bridgehead atoms. The molecule has 96 valence electrons. The van der Waals surface area contributed by atoms with E-state index in [1.54, 1.807) is 0 Å². The highest BCUT2D eigenvalue weighted by molar-refractivity contribution is 5.33. The van der Waals surface area contributed by atoms with Gasteiger partial charge in [-0.05, 0) is 33.3 Å². The molecule has 0 amide bonds. The molecular formula is C14H23NO2. The van der Waals surface area contributed by atoms with Crippen molar-refractivity contribution in [1.29, 1.82) is 0 Å². The highest BCUT2D eigenvalue weighted by Crippen LogP contribution is 2.19. The van der Waals surface area contributed by atoms with Gasteiger partial charge in [-0.3, -0.25) is 0 Å². The largest absolute Gasteiger partial charge is 0.494 e. The van der Waals surface area contributed by atoms with Gasteiger partial charge in [-0.25, -0.2) is 0 Å². The SMILES string of the molecule is CCOc1ccccc1CNC(C)(C)CCO. The quantitative estimate of drug-likeness (QED) is 0.765. The van der Waals surface area contributed by atoms with Gasteiger partial charge in [0.15, 0.2) is 0 Å². The van der Waals surface area contributed by atoms with Gasteiger partial charge in [-0.2, -0.15) is 0 Å². The smallest absolute Gasteiger partial charge is 0.123 e. The maximum atomic E-state index is 8.97. The number of hydrogen-bond acceptors (Lipinski definition) is 3. The van der Waals surface area contributed by atoms with Crippen LogP contribution in [0.5, 0.6) is 5.75 Å². The summed E-state index contributed by atoms with van der Waals surface area (Å²) in [7, 11) is 0. The van der Waals surface area contributed by atoms with Gasteiger partial charge in [0, 0.05) is 24.3 Å². The Bertz CT molecular complexity index is 337. The van der Waals surface area contributed by atoms with E-state index in [-0.39, 0.29) is 12.1 Å². The molecule has 1 aromatic rings. The third-order valence-corrected chi connectivity index (χ3v) is 2.77. The predicted molar refractivity (Wildman–Crippen MR) is 70.2 cm³/mol. The molecule has 2 N–H and O–H groups in total. The molecule has 0 radical (unpaired) electrons. The molecule has 3 nitrogen and oxygen atoms in total. The van der Waals surface area contributed by atoms with Gasteiger partial charge in [-0.1, -0.05) is 18.2 Å². The van der Waals surface area contributed by atoms with Crippen molar-refractivity contribution in [1.82, 2.24) is 5.32 Å². The molecule has 0 fully saturated rings. The lowest BCUT2D eigenvalue weighted by Gasteiger charge is -2.26. The van der Waals surface area contributed by atoms with Crippen LogP contribution in [0.1, 0.15) is 32.8 Å². The minimum Gasteiger partial charge on any atom is -0.494 e. The Labute approximate surface area is 104 Å². The summed E-state index contributed by atoms with van der Waals surface area (Å²) in [4.78, 5) is 0. The van der Waals surface area contributed by atoms with Crippen molar-refractivity contribution in [3.8, 4) is 5.75 Å². The van der Waals surface area contributed by atoms with Crippen molar-refractivity contribution < 1.29 is 9.84 Å². The van der Waals surface area contributed by atoms with Crippen LogP contribution < -0.4 is 10.1 Å². The zero-order valence-electron chi connectivity index (χ0n) is 11.0. The summed E-state index contributed by atoms with van der Waals surface area (Å²) in [5.74, 6) is 0.933. The third-order valence-electron chi connectivity index (χ3n) is 2.77. The minimum atomic E-state index is -0.0614. The van der Waals surface area contributed by atoms with E-state index in [2.05, 4.69) is 25.2 Å². The maximum absolute atomic E-state index is 8.97. The van der Waals surface area contributed by atoms with Crippen LogP contribution >= 0.6 is 0 Å². The van der Waals surface area contributed by atoms with Gasteiger partial charge >= 0.3 is 0 Å². The zero-order chi connectivity index (χ0) is 12.7. The van der Waals surface area contributed by atoms with Crippen LogP contribution in [0.3, 0.4) is 0 Å². The van der Waals surface area contributed by atoms with Crippen molar-refractivity contribution in [2.45, 2.75) is 39.3 Å². The van der Waals surface area contributed by atoms with Crippen LogP contribution in [0.15, 0.2) is 24.3 Å². The minimum absolute atomic E-state index is 0.0614. The standard InChI is InChI=1S/C14H23NO2/c1-4-17-13-8-6-5-7-12(13)11-15-14(2,3)9-10-16/h5-8,15-16H,4,9-11H2,1-3H3. The molecule has 0 unspecified atom stereocenters. The van der Waals surface area contributed by atoms with Crippen LogP contribution in [-0.2, 0) is 6.54 Å². The van der Waals surface area contributed by atoms with Crippen molar-refractivity contribution in [3.05, 3.63) is 29.8 Å². The molecular weight excluding hydrogens is 214 g/mol. The Balaban J connectivity index is 2.62. The van der Waals surface area contributed by atoms with E-state index in [9.17, 15) is 0 Å². The van der Waals surface area contributed by atoms with Crippen LogP contribution in [0.2, 0.25) is 0 Å². The van der Waals surface area contributed by atoms with Crippen LogP contribution in [0, 0.1) is 0 Å². The lowest BCUT2D eigenvalue weighted by molar-refractivity contribution is 0.229. The number of aliphatic hydroxyl groups is 1. The molecule has 3 heteroatoms. The van der Waals surface area contributed by atoms with E-state index >= 15 is 0 Å². The Morgan fingerprint density at radius 1 is 1.29 bits per heavy atom. The number of rotatable bonds is 7. The molecule has 0 heterocycles. The van der Waals surface area contributed by atoms with E-state index in [0.29, 0.717) is 6.61 Å². The summed E-state index contributed by atoms with van der Waals surface area (Å²) in [5.41, 5.74) is 1.09. The van der Waals surface area contributed by atoms with Gasteiger partial charge in [0.25, 0.3) is 0 Å². The average Bonchev–Trinajstić information content (AvgIpc) is 2.28. The lowest BCUT2D eigenvalue weighted by Crippen LogP contribution is -2.39. The number of benzene rings is 1. The van der Waals surface area contributed by atoms with E-state index in [4.69, 9.17) is 9.84 Å². The summed E-state index contributed by atoms with van der Waals surface area (Å²) < 4.78 is 5.57. The molecule has 0 atom stereocenters. The first-order chi connectivity index (χ1) is 8.09. The van der Waals surface area contributed by atoms with Gasteiger partial charge < -0.3 is 15.2 Å². The van der Waals surface area contributed by atoms with Crippen LogP contribution in [0.25, 0.3) is 0 Å². The first-order valence-electron chi connectivity index (χ1n) is 6.15. The molecule has 17 heavy (non-hydrogen) atoms. The first-order valence-corrected chi connectivity index (χ1v) is 6.15. The van der Waals surface area contributed by atoms with E-state index in [0.717, 1.165) is 24.3 Å². The number of aliphatic hydroxyl groups excluding tert-OH is 1. The highest BCUT2D eigenvalue weighted by Gasteiger charge is 2.16. The summed E-state index contributed by atoms with van der Waals surface area (Å²) in [6.07, 6.45) is 0.740. The fourth-order valence-corrected chi connectivity index (χ4v) is 1.65. The molecule has 0 aromatic heterocycles. The number of hydrogen-bond donors (Lipinski definition) is 2. The second-order valence-corrected chi connectivity index (χ2v) is 4.75. The summed E-state index contributed by atoms with van der Waals surface area (Å²) in [5, 5.41) is 12.4. The van der Waals surface area contributed by atoms with Gasteiger partial charge in [0.2, 0.25) is 0 Å². The van der Waals surface area contributed by atoms with Crippen molar-refractivity contribution >= 4 is 0 Å². The second kappa shape index (κ2) is 6.62. The molecule has 0 aliphatic carbocycles. The third kappa shape index (κ3) is 4.75. The lowest BCUT2D eigenvalue weighted by atomic mass is 10.0. The van der Waals surface area contributed by atoms with Crippen LogP contribution in [0.4, 0.5) is 0 Å². The molecule has 0 aliphatic rings. The molecule has 0 saturated carbocycles. The van der Waals surface area contributed by atoms with E-state index in [1.807, 2.05) is 25.1 Å². The monoisotopic (exact) mass is 237 g/mol. The highest BCUT2D eigenvalue weighted by atomic mass is 16.5. The zero-order valence-corrected chi connectivity index (χ0v) is 11.0. The van der Waals surface area contributed by atoms with E-state index < -0.39 is 0 Å². The fraction of sp³-hybridized carbons (Fsp3) is 0.571. The topological polar surface area (TPSA) is 41.5 Å². The van der Waals surface area contributed by atoms with Gasteiger partial charge in [-0.15, -0.1) is 0 Å². The Morgan fingerprint density at radius 3 is 2.65 bits per heavy atom.